The van der Waals surface area contributed by atoms with Crippen molar-refractivity contribution in [2.24, 2.45) is 5.73 Å². The molecule has 0 aliphatic carbocycles. The molecule has 0 spiro atoms. The van der Waals surface area contributed by atoms with E-state index in [1.807, 2.05) is 0 Å². The highest BCUT2D eigenvalue weighted by Gasteiger charge is 2.08. The van der Waals surface area contributed by atoms with Crippen molar-refractivity contribution in [2.45, 2.75) is 18.9 Å². The molecular formula is C5H11NO4. The SMILES string of the molecule is N[C@@H](CCC=O)C(=O)O.O. The van der Waals surface area contributed by atoms with Gasteiger partial charge in [-0.15, -0.1) is 0 Å². The predicted octanol–water partition coefficient (Wildman–Crippen LogP) is -1.45. The summed E-state index contributed by atoms with van der Waals surface area (Å²) in [6, 6.07) is -0.893. The fourth-order valence-corrected chi connectivity index (χ4v) is 0.371. The van der Waals surface area contributed by atoms with Gasteiger partial charge in [0.15, 0.2) is 0 Å². The molecule has 5 heteroatoms. The first-order valence-electron chi connectivity index (χ1n) is 2.60. The van der Waals surface area contributed by atoms with E-state index in [-0.39, 0.29) is 18.3 Å². The molecule has 5 N–H and O–H groups in total. The molecule has 0 heterocycles. The molecule has 0 saturated heterocycles. The molecule has 0 amide bonds. The van der Waals surface area contributed by atoms with Crippen LogP contribution >= 0.6 is 0 Å². The van der Waals surface area contributed by atoms with Crippen LogP contribution in [0, 0.1) is 0 Å². The lowest BCUT2D eigenvalue weighted by atomic mass is 10.2. The molecule has 0 saturated carbocycles. The van der Waals surface area contributed by atoms with Gasteiger partial charge < -0.3 is 21.1 Å². The average Bonchev–Trinajstić information content (AvgIpc) is 1.82. The van der Waals surface area contributed by atoms with Crippen LogP contribution in [0.2, 0.25) is 0 Å². The summed E-state index contributed by atoms with van der Waals surface area (Å²) < 4.78 is 0. The zero-order valence-electron chi connectivity index (χ0n) is 5.41. The van der Waals surface area contributed by atoms with Crippen LogP contribution in [0.15, 0.2) is 0 Å². The molecule has 0 rings (SSSR count). The zero-order valence-corrected chi connectivity index (χ0v) is 5.41. The fraction of sp³-hybridized carbons (Fsp3) is 0.600. The minimum atomic E-state index is -1.06. The molecule has 0 radical (unpaired) electrons. The van der Waals surface area contributed by atoms with Gasteiger partial charge in [-0.2, -0.15) is 0 Å². The molecule has 0 aliphatic rings. The number of carboxylic acids is 1. The summed E-state index contributed by atoms with van der Waals surface area (Å²) in [5.41, 5.74) is 5.04. The molecule has 0 fully saturated rings. The third-order valence-electron chi connectivity index (χ3n) is 0.913. The zero-order chi connectivity index (χ0) is 7.28. The summed E-state index contributed by atoms with van der Waals surface area (Å²) in [7, 11) is 0. The van der Waals surface area contributed by atoms with E-state index in [0.717, 1.165) is 0 Å². The molecule has 0 aromatic carbocycles. The highest BCUT2D eigenvalue weighted by Crippen LogP contribution is 1.90. The van der Waals surface area contributed by atoms with Gasteiger partial charge in [0, 0.05) is 6.42 Å². The van der Waals surface area contributed by atoms with Crippen LogP contribution in [-0.2, 0) is 9.59 Å². The van der Waals surface area contributed by atoms with E-state index in [0.29, 0.717) is 6.29 Å². The molecule has 0 unspecified atom stereocenters. The topological polar surface area (TPSA) is 112 Å². The van der Waals surface area contributed by atoms with Crippen molar-refractivity contribution < 1.29 is 20.2 Å². The molecule has 0 aromatic heterocycles. The third-order valence-corrected chi connectivity index (χ3v) is 0.913. The van der Waals surface area contributed by atoms with E-state index in [9.17, 15) is 9.59 Å². The second-order valence-corrected chi connectivity index (χ2v) is 1.69. The van der Waals surface area contributed by atoms with E-state index < -0.39 is 12.0 Å². The van der Waals surface area contributed by atoms with Crippen LogP contribution < -0.4 is 5.73 Å². The van der Waals surface area contributed by atoms with Gasteiger partial charge in [-0.25, -0.2) is 0 Å². The average molecular weight is 149 g/mol. The van der Waals surface area contributed by atoms with Crippen molar-refractivity contribution in [3.05, 3.63) is 0 Å². The van der Waals surface area contributed by atoms with Crippen LogP contribution in [0.3, 0.4) is 0 Å². The molecular weight excluding hydrogens is 138 g/mol. The maximum absolute atomic E-state index is 9.96. The van der Waals surface area contributed by atoms with Gasteiger partial charge >= 0.3 is 5.97 Å². The second kappa shape index (κ2) is 6.18. The Hall–Kier alpha value is -0.940. The maximum atomic E-state index is 9.96. The van der Waals surface area contributed by atoms with Crippen molar-refractivity contribution in [1.82, 2.24) is 0 Å². The van der Waals surface area contributed by atoms with Crippen LogP contribution in [-0.4, -0.2) is 28.9 Å². The number of carbonyl (C=O) groups is 2. The monoisotopic (exact) mass is 149 g/mol. The number of carboxylic acid groups (broad SMARTS) is 1. The largest absolute Gasteiger partial charge is 0.480 e. The van der Waals surface area contributed by atoms with Crippen molar-refractivity contribution in [3.8, 4) is 0 Å². The Morgan fingerprint density at radius 1 is 1.70 bits per heavy atom. The summed E-state index contributed by atoms with van der Waals surface area (Å²) >= 11 is 0. The van der Waals surface area contributed by atoms with E-state index in [4.69, 9.17) is 10.8 Å². The standard InChI is InChI=1S/C5H9NO3.H2O/c6-4(5(8)9)2-1-3-7;/h3-4H,1-2,6H2,(H,8,9);1H2/t4-;/m0./s1. The lowest BCUT2D eigenvalue weighted by Gasteiger charge is -2.00. The summed E-state index contributed by atoms with van der Waals surface area (Å²) in [6.45, 7) is 0. The van der Waals surface area contributed by atoms with Crippen molar-refractivity contribution in [1.29, 1.82) is 0 Å². The quantitative estimate of drug-likeness (QED) is 0.476. The van der Waals surface area contributed by atoms with Gasteiger partial charge in [0.1, 0.15) is 12.3 Å². The lowest BCUT2D eigenvalue weighted by Crippen LogP contribution is -2.29. The molecule has 60 valence electrons. The molecule has 1 atom stereocenters. The number of hydrogen-bond donors (Lipinski definition) is 2. The summed E-state index contributed by atoms with van der Waals surface area (Å²) in [4.78, 5) is 19.6. The normalized spacial score (nSPS) is 11.3. The van der Waals surface area contributed by atoms with E-state index in [2.05, 4.69) is 0 Å². The fourth-order valence-electron chi connectivity index (χ4n) is 0.371. The molecule has 0 aliphatic heterocycles. The Kier molecular flexibility index (Phi) is 7.30. The van der Waals surface area contributed by atoms with Crippen molar-refractivity contribution in [3.63, 3.8) is 0 Å². The number of rotatable bonds is 4. The second-order valence-electron chi connectivity index (χ2n) is 1.69. The minimum Gasteiger partial charge on any atom is -0.480 e. The highest BCUT2D eigenvalue weighted by atomic mass is 16.4. The lowest BCUT2D eigenvalue weighted by molar-refractivity contribution is -0.138. The first-order valence-corrected chi connectivity index (χ1v) is 2.60. The number of aldehydes is 1. The molecule has 0 bridgehead atoms. The predicted molar refractivity (Wildman–Crippen MR) is 34.5 cm³/mol. The third kappa shape index (κ3) is 5.20. The van der Waals surface area contributed by atoms with Crippen molar-refractivity contribution in [2.75, 3.05) is 0 Å². The number of nitrogens with two attached hydrogens (primary N) is 1. The Labute approximate surface area is 58.1 Å². The minimum absolute atomic E-state index is 0. The maximum Gasteiger partial charge on any atom is 0.320 e. The van der Waals surface area contributed by atoms with Crippen LogP contribution in [0.4, 0.5) is 0 Å². The van der Waals surface area contributed by atoms with Crippen LogP contribution in [0.5, 0.6) is 0 Å². The Morgan fingerprint density at radius 2 is 2.20 bits per heavy atom. The first kappa shape index (κ1) is 11.8. The molecule has 5 nitrogen and oxygen atoms in total. The van der Waals surface area contributed by atoms with Crippen LogP contribution in [0.25, 0.3) is 0 Å². The summed E-state index contributed by atoms with van der Waals surface area (Å²) in [5.74, 6) is -1.06. The van der Waals surface area contributed by atoms with Gasteiger partial charge in [-0.05, 0) is 6.42 Å². The van der Waals surface area contributed by atoms with Gasteiger partial charge in [0.2, 0.25) is 0 Å². The van der Waals surface area contributed by atoms with E-state index in [1.54, 1.807) is 0 Å². The van der Waals surface area contributed by atoms with E-state index in [1.165, 1.54) is 0 Å². The number of carbonyl (C=O) groups excluding carboxylic acids is 1. The van der Waals surface area contributed by atoms with Gasteiger partial charge in [0.05, 0.1) is 0 Å². The number of hydrogen-bond acceptors (Lipinski definition) is 3. The Balaban J connectivity index is 0. The smallest absolute Gasteiger partial charge is 0.320 e. The van der Waals surface area contributed by atoms with Gasteiger partial charge in [0.25, 0.3) is 0 Å². The number of aliphatic carboxylic acids is 1. The molecule has 10 heavy (non-hydrogen) atoms. The summed E-state index contributed by atoms with van der Waals surface area (Å²) in [5, 5.41) is 8.17. The van der Waals surface area contributed by atoms with Gasteiger partial charge in [-0.3, -0.25) is 4.79 Å². The highest BCUT2D eigenvalue weighted by molar-refractivity contribution is 5.73. The first-order chi connectivity index (χ1) is 4.18. The summed E-state index contributed by atoms with van der Waals surface area (Å²) in [6.07, 6.45) is 1.09. The van der Waals surface area contributed by atoms with E-state index >= 15 is 0 Å². The Morgan fingerprint density at radius 3 is 2.50 bits per heavy atom. The van der Waals surface area contributed by atoms with Crippen LogP contribution in [0.1, 0.15) is 12.8 Å². The molecule has 0 aromatic rings. The Bertz CT molecular complexity index is 114. The van der Waals surface area contributed by atoms with Crippen molar-refractivity contribution >= 4 is 12.3 Å². The van der Waals surface area contributed by atoms with Gasteiger partial charge in [-0.1, -0.05) is 0 Å².